The Kier molecular flexibility index (Phi) is 8.36. The van der Waals surface area contributed by atoms with E-state index in [2.05, 4.69) is 228 Å². The van der Waals surface area contributed by atoms with E-state index in [-0.39, 0.29) is 29.0 Å². The molecule has 0 fully saturated rings. The van der Waals surface area contributed by atoms with E-state index in [0.29, 0.717) is 0 Å². The molecule has 0 aliphatic rings. The molecule has 0 saturated heterocycles. The van der Waals surface area contributed by atoms with E-state index in [1.165, 1.54) is 38.6 Å². The van der Waals surface area contributed by atoms with Crippen molar-refractivity contribution < 1.29 is 8.83 Å². The Morgan fingerprint density at radius 3 is 1.07 bits per heavy atom. The molecule has 0 N–H and O–H groups in total. The molecule has 4 nitrogen and oxygen atoms in total. The molecular formula is C62H36N2O2Se2. The van der Waals surface area contributed by atoms with E-state index in [9.17, 15) is 0 Å². The van der Waals surface area contributed by atoms with Crippen LogP contribution in [0.1, 0.15) is 0 Å². The van der Waals surface area contributed by atoms with E-state index in [4.69, 9.17) is 8.83 Å². The van der Waals surface area contributed by atoms with Crippen LogP contribution >= 0.6 is 0 Å². The molecule has 0 aliphatic carbocycles. The number of hydrogen-bond acceptors (Lipinski definition) is 4. The molecule has 0 radical (unpaired) electrons. The second kappa shape index (κ2) is 14.8. The van der Waals surface area contributed by atoms with Gasteiger partial charge in [0.2, 0.25) is 0 Å². The topological polar surface area (TPSA) is 32.8 Å². The van der Waals surface area contributed by atoms with Crippen LogP contribution in [0.2, 0.25) is 0 Å². The third-order valence-electron chi connectivity index (χ3n) is 13.7. The molecule has 0 aliphatic heterocycles. The van der Waals surface area contributed by atoms with Crippen LogP contribution < -0.4 is 9.80 Å². The first-order valence-corrected chi connectivity index (χ1v) is 26.3. The second-order valence-corrected chi connectivity index (χ2v) is 22.3. The fourth-order valence-electron chi connectivity index (χ4n) is 10.5. The minimum atomic E-state index is 0.273. The van der Waals surface area contributed by atoms with E-state index < -0.39 is 0 Å². The molecule has 0 bridgehead atoms. The summed E-state index contributed by atoms with van der Waals surface area (Å²) in [5.74, 6) is 0. The van der Waals surface area contributed by atoms with Crippen LogP contribution in [-0.4, -0.2) is 29.0 Å². The van der Waals surface area contributed by atoms with Gasteiger partial charge in [-0.25, -0.2) is 0 Å². The molecule has 0 saturated carbocycles. The van der Waals surface area contributed by atoms with Crippen LogP contribution in [0.25, 0.3) is 104 Å². The zero-order chi connectivity index (χ0) is 44.5. The van der Waals surface area contributed by atoms with Crippen molar-refractivity contribution in [2.75, 3.05) is 9.80 Å². The minimum absolute atomic E-state index is 0.273. The Labute approximate surface area is 401 Å². The SMILES string of the molecule is c1ccc(N(c2ccc3cc4c(cc3c2)oc2cc3c(cc24)oc2cc4cc(N(c5ccccc5)c5ccc6c(c5)[se]c5ccccc56)ccc4cc23)c2ccc3c(c2)[se]c2ccccc23)cc1. The number of nitrogens with zero attached hydrogens (tertiary/aromatic N) is 2. The summed E-state index contributed by atoms with van der Waals surface area (Å²) >= 11 is 0.547. The van der Waals surface area contributed by atoms with Crippen LogP contribution in [0.3, 0.4) is 0 Å². The van der Waals surface area contributed by atoms with Gasteiger partial charge in [-0.3, -0.25) is 0 Å². The molecular weight excluding hydrogens is 963 g/mol. The molecule has 4 heterocycles. The average molecular weight is 999 g/mol. The third kappa shape index (κ3) is 5.99. The van der Waals surface area contributed by atoms with E-state index in [0.717, 1.165) is 99.5 Å². The zero-order valence-electron chi connectivity index (χ0n) is 36.3. The summed E-state index contributed by atoms with van der Waals surface area (Å²) in [6.45, 7) is 0. The Balaban J connectivity index is 0.814. The Hall–Kier alpha value is -7.82. The van der Waals surface area contributed by atoms with E-state index >= 15 is 0 Å². The molecule has 11 aromatic carbocycles. The molecule has 318 valence electrons. The van der Waals surface area contributed by atoms with Crippen molar-refractivity contribution in [2.24, 2.45) is 0 Å². The van der Waals surface area contributed by atoms with Gasteiger partial charge in [0.15, 0.2) is 0 Å². The number of hydrogen-bond donors (Lipinski definition) is 0. The number of fused-ring (bicyclic) bond motifs is 14. The number of para-hydroxylation sites is 2. The summed E-state index contributed by atoms with van der Waals surface area (Å²) in [5.41, 5.74) is 10.2. The molecule has 15 rings (SSSR count). The number of benzene rings is 11. The van der Waals surface area contributed by atoms with Crippen LogP contribution in [-0.2, 0) is 0 Å². The molecule has 6 heteroatoms. The summed E-state index contributed by atoms with van der Waals surface area (Å²) in [4.78, 5) is 4.75. The molecule has 15 aromatic rings. The Bertz CT molecular complexity index is 4230. The van der Waals surface area contributed by atoms with E-state index in [1.807, 2.05) is 0 Å². The van der Waals surface area contributed by atoms with Gasteiger partial charge in [0, 0.05) is 0 Å². The van der Waals surface area contributed by atoms with Crippen molar-refractivity contribution in [2.45, 2.75) is 0 Å². The first-order chi connectivity index (χ1) is 33.6. The summed E-state index contributed by atoms with van der Waals surface area (Å²) in [7, 11) is 0. The number of anilines is 6. The monoisotopic (exact) mass is 1000 g/mol. The first-order valence-electron chi connectivity index (χ1n) is 22.9. The maximum atomic E-state index is 6.74. The quantitative estimate of drug-likeness (QED) is 0.155. The van der Waals surface area contributed by atoms with Crippen molar-refractivity contribution in [3.63, 3.8) is 0 Å². The first kappa shape index (κ1) is 38.3. The molecule has 0 atom stereocenters. The number of furan rings is 2. The van der Waals surface area contributed by atoms with Gasteiger partial charge in [-0.05, 0) is 0 Å². The summed E-state index contributed by atoms with van der Waals surface area (Å²) in [6.07, 6.45) is 0. The fourth-order valence-corrected chi connectivity index (χ4v) is 15.3. The van der Waals surface area contributed by atoms with Gasteiger partial charge >= 0.3 is 404 Å². The van der Waals surface area contributed by atoms with Crippen molar-refractivity contribution in [3.8, 4) is 0 Å². The van der Waals surface area contributed by atoms with E-state index in [1.54, 1.807) is 0 Å². The summed E-state index contributed by atoms with van der Waals surface area (Å²) < 4.78 is 19.2. The van der Waals surface area contributed by atoms with Crippen molar-refractivity contribution in [1.82, 2.24) is 0 Å². The van der Waals surface area contributed by atoms with Gasteiger partial charge < -0.3 is 0 Å². The standard InChI is InChI=1S/C62H36N2O2Se2/c1-3-11-41(12-4-1)63(45-23-25-49-47-15-7-9-17-59(47)67-61(49)33-45)43-21-19-37-29-51-53-35-58-54(36-57(53)65-55(51)31-39(37)27-43)52-30-38-20-22-44(28-40(38)32-56(52)66-58)64(42-13-5-2-6-14-42)46-24-26-50-48-16-8-10-18-60(48)68-62(50)34-46/h1-36H. The maximum absolute atomic E-state index is 6.74. The molecule has 0 amide bonds. The zero-order valence-corrected chi connectivity index (χ0v) is 39.7. The number of rotatable bonds is 6. The van der Waals surface area contributed by atoms with Crippen LogP contribution in [0, 0.1) is 0 Å². The van der Waals surface area contributed by atoms with Crippen molar-refractivity contribution >= 4 is 167 Å². The van der Waals surface area contributed by atoms with Gasteiger partial charge in [0.25, 0.3) is 0 Å². The predicted octanol–water partition coefficient (Wildman–Crippen LogP) is 17.5. The van der Waals surface area contributed by atoms with Gasteiger partial charge in [-0.15, -0.1) is 0 Å². The molecule has 4 aromatic heterocycles. The third-order valence-corrected chi connectivity index (χ3v) is 18.5. The summed E-state index contributed by atoms with van der Waals surface area (Å²) in [5, 5.41) is 14.3. The Morgan fingerprint density at radius 1 is 0.235 bits per heavy atom. The molecule has 0 unspecified atom stereocenters. The van der Waals surface area contributed by atoms with Crippen molar-refractivity contribution in [1.29, 1.82) is 0 Å². The van der Waals surface area contributed by atoms with Crippen LogP contribution in [0.5, 0.6) is 0 Å². The van der Waals surface area contributed by atoms with Crippen LogP contribution in [0.4, 0.5) is 34.1 Å². The molecule has 0 spiro atoms. The van der Waals surface area contributed by atoms with Gasteiger partial charge in [0.05, 0.1) is 0 Å². The Morgan fingerprint density at radius 2 is 0.603 bits per heavy atom. The average Bonchev–Trinajstić information content (AvgIpc) is 4.14. The predicted molar refractivity (Wildman–Crippen MR) is 289 cm³/mol. The molecule has 68 heavy (non-hydrogen) atoms. The van der Waals surface area contributed by atoms with Gasteiger partial charge in [-0.2, -0.15) is 0 Å². The van der Waals surface area contributed by atoms with Gasteiger partial charge in [-0.1, -0.05) is 0 Å². The van der Waals surface area contributed by atoms with Gasteiger partial charge in [0.1, 0.15) is 0 Å². The van der Waals surface area contributed by atoms with Crippen molar-refractivity contribution in [3.05, 3.63) is 218 Å². The fraction of sp³-hybridized carbons (Fsp3) is 0. The second-order valence-electron chi connectivity index (χ2n) is 17.7. The van der Waals surface area contributed by atoms with Crippen LogP contribution in [0.15, 0.2) is 227 Å². The normalized spacial score (nSPS) is 12.1. The summed E-state index contributed by atoms with van der Waals surface area (Å²) in [6, 6.07) is 79.8.